The highest BCUT2D eigenvalue weighted by molar-refractivity contribution is 5.83. The van der Waals surface area contributed by atoms with Gasteiger partial charge in [0.15, 0.2) is 5.82 Å². The van der Waals surface area contributed by atoms with Crippen molar-refractivity contribution in [2.75, 3.05) is 0 Å². The number of aromatic nitrogens is 3. The summed E-state index contributed by atoms with van der Waals surface area (Å²) in [5, 5.41) is 5.10. The van der Waals surface area contributed by atoms with Gasteiger partial charge in [-0.1, -0.05) is 23.4 Å². The van der Waals surface area contributed by atoms with E-state index in [9.17, 15) is 0 Å². The lowest BCUT2D eigenvalue weighted by atomic mass is 10.2. The molecule has 0 amide bonds. The van der Waals surface area contributed by atoms with Crippen LogP contribution in [0.15, 0.2) is 35.0 Å². The van der Waals surface area contributed by atoms with Crippen molar-refractivity contribution in [3.8, 4) is 0 Å². The molecule has 2 aromatic heterocycles. The molecule has 92 valence electrons. The molecule has 0 saturated heterocycles. The van der Waals surface area contributed by atoms with Gasteiger partial charge in [-0.05, 0) is 11.6 Å². The fraction of sp³-hybridized carbons (Fsp3) is 0.231. The van der Waals surface area contributed by atoms with Gasteiger partial charge in [0.25, 0.3) is 0 Å². The van der Waals surface area contributed by atoms with Crippen molar-refractivity contribution >= 4 is 10.9 Å². The van der Waals surface area contributed by atoms with E-state index in [1.165, 1.54) is 5.39 Å². The smallest absolute Gasteiger partial charge is 0.223 e. The highest BCUT2D eigenvalue weighted by Crippen LogP contribution is 2.21. The van der Waals surface area contributed by atoms with Crippen molar-refractivity contribution in [1.29, 1.82) is 0 Å². The zero-order valence-corrected chi connectivity index (χ0v) is 10.1. The monoisotopic (exact) mass is 242 g/mol. The third-order valence-corrected chi connectivity index (χ3v) is 2.97. The van der Waals surface area contributed by atoms with Crippen LogP contribution in [0.3, 0.4) is 0 Å². The molecular formula is C13H14N4O. The van der Waals surface area contributed by atoms with Gasteiger partial charge < -0.3 is 14.8 Å². The minimum Gasteiger partial charge on any atom is -0.340 e. The molecule has 0 saturated carbocycles. The highest BCUT2D eigenvalue weighted by atomic mass is 16.5. The Morgan fingerprint density at radius 3 is 2.89 bits per heavy atom. The van der Waals surface area contributed by atoms with Gasteiger partial charge in [-0.15, -0.1) is 0 Å². The maximum atomic E-state index is 5.76. The minimum atomic E-state index is 0.527. The van der Waals surface area contributed by atoms with Crippen molar-refractivity contribution in [3.63, 3.8) is 0 Å². The molecular weight excluding hydrogens is 228 g/mol. The Morgan fingerprint density at radius 1 is 1.33 bits per heavy atom. The summed E-state index contributed by atoms with van der Waals surface area (Å²) >= 11 is 0. The molecule has 0 aliphatic carbocycles. The number of nitrogens with zero attached hydrogens (tertiary/aromatic N) is 3. The molecule has 0 bridgehead atoms. The van der Waals surface area contributed by atoms with Crippen LogP contribution < -0.4 is 5.73 Å². The summed E-state index contributed by atoms with van der Waals surface area (Å²) in [6.45, 7) is 2.91. The molecule has 5 heteroatoms. The van der Waals surface area contributed by atoms with Crippen LogP contribution in [0.5, 0.6) is 0 Å². The predicted molar refractivity (Wildman–Crippen MR) is 68.0 cm³/mol. The first-order valence-electron chi connectivity index (χ1n) is 5.84. The number of nitrogens with two attached hydrogens (primary N) is 1. The molecule has 2 heterocycles. The van der Waals surface area contributed by atoms with Crippen LogP contribution in [0.4, 0.5) is 0 Å². The van der Waals surface area contributed by atoms with Crippen LogP contribution in [-0.2, 0) is 13.1 Å². The molecule has 5 nitrogen and oxygen atoms in total. The molecule has 0 radical (unpaired) electrons. The van der Waals surface area contributed by atoms with Gasteiger partial charge in [-0.3, -0.25) is 0 Å². The van der Waals surface area contributed by atoms with Gasteiger partial charge >= 0.3 is 0 Å². The number of benzene rings is 1. The Kier molecular flexibility index (Phi) is 2.60. The molecule has 0 unspecified atom stereocenters. The van der Waals surface area contributed by atoms with Crippen LogP contribution in [0.2, 0.25) is 0 Å². The normalized spacial score (nSPS) is 11.2. The van der Waals surface area contributed by atoms with E-state index in [1.54, 1.807) is 6.92 Å². The SMILES string of the molecule is Cc1nc(Cn2cc(CN)c3ccccc32)no1. The highest BCUT2D eigenvalue weighted by Gasteiger charge is 2.09. The number of rotatable bonds is 3. The lowest BCUT2D eigenvalue weighted by molar-refractivity contribution is 0.386. The molecule has 1 aromatic carbocycles. The van der Waals surface area contributed by atoms with Crippen molar-refractivity contribution in [2.24, 2.45) is 5.73 Å². The summed E-state index contributed by atoms with van der Waals surface area (Å²) < 4.78 is 7.08. The topological polar surface area (TPSA) is 69.9 Å². The van der Waals surface area contributed by atoms with E-state index in [0.717, 1.165) is 11.1 Å². The van der Waals surface area contributed by atoms with Gasteiger partial charge in [-0.25, -0.2) is 0 Å². The van der Waals surface area contributed by atoms with Crippen molar-refractivity contribution in [3.05, 3.63) is 47.7 Å². The summed E-state index contributed by atoms with van der Waals surface area (Å²) in [7, 11) is 0. The second-order valence-corrected chi connectivity index (χ2v) is 4.23. The zero-order chi connectivity index (χ0) is 12.5. The molecule has 0 fully saturated rings. The Labute approximate surface area is 104 Å². The second-order valence-electron chi connectivity index (χ2n) is 4.23. The molecule has 0 spiro atoms. The minimum absolute atomic E-state index is 0.527. The van der Waals surface area contributed by atoms with E-state index in [-0.39, 0.29) is 0 Å². The fourth-order valence-corrected chi connectivity index (χ4v) is 2.17. The summed E-state index contributed by atoms with van der Waals surface area (Å²) in [5.74, 6) is 1.26. The maximum Gasteiger partial charge on any atom is 0.223 e. The second kappa shape index (κ2) is 4.27. The van der Waals surface area contributed by atoms with Crippen molar-refractivity contribution < 1.29 is 4.52 Å². The van der Waals surface area contributed by atoms with E-state index in [1.807, 2.05) is 12.1 Å². The molecule has 3 rings (SSSR count). The Morgan fingerprint density at radius 2 is 2.17 bits per heavy atom. The molecule has 0 aliphatic rings. The number of aryl methyl sites for hydroxylation is 1. The molecule has 18 heavy (non-hydrogen) atoms. The van der Waals surface area contributed by atoms with Crippen molar-refractivity contribution in [1.82, 2.24) is 14.7 Å². The van der Waals surface area contributed by atoms with Crippen LogP contribution in [0.25, 0.3) is 10.9 Å². The summed E-state index contributed by atoms with van der Waals surface area (Å²) in [4.78, 5) is 4.22. The Balaban J connectivity index is 2.06. The number of hydrogen-bond donors (Lipinski definition) is 1. The van der Waals surface area contributed by atoms with Crippen LogP contribution in [0.1, 0.15) is 17.3 Å². The van der Waals surface area contributed by atoms with E-state index < -0.39 is 0 Å². The lowest BCUT2D eigenvalue weighted by Crippen LogP contribution is -2.00. The quantitative estimate of drug-likeness (QED) is 0.760. The lowest BCUT2D eigenvalue weighted by Gasteiger charge is -2.00. The number of para-hydroxylation sites is 1. The third-order valence-electron chi connectivity index (χ3n) is 2.97. The largest absolute Gasteiger partial charge is 0.340 e. The summed E-state index contributed by atoms with van der Waals surface area (Å²) in [6.07, 6.45) is 2.05. The summed E-state index contributed by atoms with van der Waals surface area (Å²) in [5.41, 5.74) is 8.03. The number of fused-ring (bicyclic) bond motifs is 1. The Bertz CT molecular complexity index is 683. The summed E-state index contributed by atoms with van der Waals surface area (Å²) in [6, 6.07) is 8.18. The standard InChI is InChI=1S/C13H14N4O/c1-9-15-13(16-18-9)8-17-7-10(6-14)11-4-2-3-5-12(11)17/h2-5,7H,6,8,14H2,1H3. The van der Waals surface area contributed by atoms with Gasteiger partial charge in [0, 0.05) is 30.6 Å². The molecule has 3 aromatic rings. The van der Waals surface area contributed by atoms with Gasteiger partial charge in [0.1, 0.15) is 0 Å². The van der Waals surface area contributed by atoms with E-state index in [0.29, 0.717) is 24.8 Å². The van der Waals surface area contributed by atoms with E-state index in [4.69, 9.17) is 10.3 Å². The number of hydrogen-bond acceptors (Lipinski definition) is 4. The molecule has 0 atom stereocenters. The zero-order valence-electron chi connectivity index (χ0n) is 10.1. The fourth-order valence-electron chi connectivity index (χ4n) is 2.17. The first kappa shape index (κ1) is 11.0. The van der Waals surface area contributed by atoms with Crippen LogP contribution in [-0.4, -0.2) is 14.7 Å². The van der Waals surface area contributed by atoms with Crippen LogP contribution in [0, 0.1) is 6.92 Å². The van der Waals surface area contributed by atoms with Crippen LogP contribution >= 0.6 is 0 Å². The average molecular weight is 242 g/mol. The van der Waals surface area contributed by atoms with Crippen molar-refractivity contribution in [2.45, 2.75) is 20.0 Å². The van der Waals surface area contributed by atoms with E-state index in [2.05, 4.69) is 33.0 Å². The third kappa shape index (κ3) is 1.78. The van der Waals surface area contributed by atoms with Gasteiger partial charge in [-0.2, -0.15) is 4.98 Å². The molecule has 2 N–H and O–H groups in total. The first-order chi connectivity index (χ1) is 8.78. The molecule has 0 aliphatic heterocycles. The average Bonchev–Trinajstić information content (AvgIpc) is 2.95. The van der Waals surface area contributed by atoms with E-state index >= 15 is 0 Å². The first-order valence-corrected chi connectivity index (χ1v) is 5.84. The van der Waals surface area contributed by atoms with Gasteiger partial charge in [0.2, 0.25) is 5.89 Å². The predicted octanol–water partition coefficient (Wildman–Crippen LogP) is 1.84. The Hall–Kier alpha value is -2.14. The maximum absolute atomic E-state index is 5.76. The van der Waals surface area contributed by atoms with Gasteiger partial charge in [0.05, 0.1) is 6.54 Å².